The van der Waals surface area contributed by atoms with Crippen LogP contribution < -0.4 is 0 Å². The number of halogens is 4. The second-order valence-electron chi connectivity index (χ2n) is 8.48. The highest BCUT2D eigenvalue weighted by Crippen LogP contribution is 2.37. The summed E-state index contributed by atoms with van der Waals surface area (Å²) in [7, 11) is 0. The van der Waals surface area contributed by atoms with Crippen molar-refractivity contribution < 1.29 is 23.4 Å². The van der Waals surface area contributed by atoms with Crippen molar-refractivity contribution in [3.8, 4) is 11.5 Å². The molecule has 0 unspecified atom stereocenters. The largest absolute Gasteiger partial charge is 0.508 e. The molecule has 0 aliphatic rings. The third-order valence-electron chi connectivity index (χ3n) is 5.59. The summed E-state index contributed by atoms with van der Waals surface area (Å²) in [6.07, 6.45) is -4.06. The quantitative estimate of drug-likeness (QED) is 0.137. The van der Waals surface area contributed by atoms with Gasteiger partial charge >= 0.3 is 6.18 Å². The highest BCUT2D eigenvalue weighted by atomic mass is 35.5. The van der Waals surface area contributed by atoms with Gasteiger partial charge in [0.05, 0.1) is 16.3 Å². The third-order valence-corrected chi connectivity index (χ3v) is 6.96. The van der Waals surface area contributed by atoms with E-state index in [9.17, 15) is 23.4 Å². The van der Waals surface area contributed by atoms with Crippen LogP contribution in [-0.2, 0) is 19.1 Å². The fourth-order valence-electron chi connectivity index (χ4n) is 3.70. The van der Waals surface area contributed by atoms with Gasteiger partial charge in [0, 0.05) is 18.0 Å². The monoisotopic (exact) mass is 556 g/mol. The zero-order valence-corrected chi connectivity index (χ0v) is 21.6. The van der Waals surface area contributed by atoms with Crippen molar-refractivity contribution in [1.29, 1.82) is 0 Å². The van der Waals surface area contributed by atoms with Gasteiger partial charge in [0.25, 0.3) is 0 Å². The summed E-state index contributed by atoms with van der Waals surface area (Å²) in [5, 5.41) is 19.7. The molecular formula is C29H24ClF3N2O2S. The zero-order chi connectivity index (χ0) is 27.1. The number of aliphatic imine (C=N–C) groups is 1. The van der Waals surface area contributed by atoms with Crippen LogP contribution >= 0.6 is 23.4 Å². The van der Waals surface area contributed by atoms with Crippen LogP contribution in [0.1, 0.15) is 16.7 Å². The minimum atomic E-state index is -4.61. The maximum atomic E-state index is 13.5. The van der Waals surface area contributed by atoms with E-state index in [0.717, 1.165) is 22.1 Å². The molecule has 4 rings (SSSR count). The number of amidine groups is 1. The summed E-state index contributed by atoms with van der Waals surface area (Å²) in [6.45, 7) is 0.847. The molecular weight excluding hydrogens is 533 g/mol. The van der Waals surface area contributed by atoms with Gasteiger partial charge in [-0.2, -0.15) is 13.2 Å². The van der Waals surface area contributed by atoms with Gasteiger partial charge in [-0.15, -0.1) is 0 Å². The van der Waals surface area contributed by atoms with Gasteiger partial charge in [-0.1, -0.05) is 65.8 Å². The lowest BCUT2D eigenvalue weighted by Crippen LogP contribution is -2.30. The van der Waals surface area contributed by atoms with Crippen molar-refractivity contribution >= 4 is 34.2 Å². The summed E-state index contributed by atoms with van der Waals surface area (Å²) in [6, 6.07) is 26.7. The van der Waals surface area contributed by atoms with E-state index in [1.165, 1.54) is 23.9 Å². The van der Waals surface area contributed by atoms with Gasteiger partial charge in [0.2, 0.25) is 0 Å². The van der Waals surface area contributed by atoms with Crippen LogP contribution in [0.25, 0.3) is 0 Å². The highest BCUT2D eigenvalue weighted by molar-refractivity contribution is 8.13. The van der Waals surface area contributed by atoms with E-state index in [1.807, 2.05) is 41.3 Å². The van der Waals surface area contributed by atoms with Crippen molar-refractivity contribution in [2.45, 2.75) is 24.0 Å². The molecule has 0 bridgehead atoms. The molecule has 2 N–H and O–H groups in total. The number of phenols is 2. The van der Waals surface area contributed by atoms with E-state index in [-0.39, 0.29) is 17.2 Å². The van der Waals surface area contributed by atoms with Gasteiger partial charge in [-0.05, 0) is 72.1 Å². The normalized spacial score (nSPS) is 11.9. The van der Waals surface area contributed by atoms with Crippen molar-refractivity contribution in [3.05, 3.63) is 119 Å². The first kappa shape index (κ1) is 27.4. The van der Waals surface area contributed by atoms with E-state index in [1.54, 1.807) is 42.5 Å². The van der Waals surface area contributed by atoms with Crippen LogP contribution in [0.15, 0.2) is 107 Å². The lowest BCUT2D eigenvalue weighted by atomic mass is 10.1. The average molecular weight is 557 g/mol. The SMILES string of the molecule is Oc1ccc(CN(CCc2cccc(O)c2)C(=Nc2ccc(Cl)c(C(F)(F)F)c2)Sc2ccccc2)cc1. The summed E-state index contributed by atoms with van der Waals surface area (Å²) < 4.78 is 40.6. The van der Waals surface area contributed by atoms with Gasteiger partial charge < -0.3 is 15.1 Å². The van der Waals surface area contributed by atoms with Crippen LogP contribution in [0.3, 0.4) is 0 Å². The van der Waals surface area contributed by atoms with Crippen molar-refractivity contribution in [3.63, 3.8) is 0 Å². The summed E-state index contributed by atoms with van der Waals surface area (Å²) in [5.41, 5.74) is 0.949. The molecule has 4 aromatic rings. The maximum Gasteiger partial charge on any atom is 0.417 e. The maximum absolute atomic E-state index is 13.5. The predicted octanol–water partition coefficient (Wildman–Crippen LogP) is 8.29. The fraction of sp³-hybridized carbons (Fsp3) is 0.138. The Hall–Kier alpha value is -3.62. The number of hydrogen-bond donors (Lipinski definition) is 2. The molecule has 0 aromatic heterocycles. The van der Waals surface area contributed by atoms with Gasteiger partial charge in [0.15, 0.2) is 5.17 Å². The van der Waals surface area contributed by atoms with Crippen LogP contribution in [0.4, 0.5) is 18.9 Å². The van der Waals surface area contributed by atoms with E-state index >= 15 is 0 Å². The predicted molar refractivity (Wildman–Crippen MR) is 146 cm³/mol. The Kier molecular flexibility index (Phi) is 8.86. The Morgan fingerprint density at radius 1 is 0.816 bits per heavy atom. The Bertz CT molecular complexity index is 1400. The first-order valence-electron chi connectivity index (χ1n) is 11.7. The van der Waals surface area contributed by atoms with E-state index in [0.29, 0.717) is 24.7 Å². The zero-order valence-electron chi connectivity index (χ0n) is 20.1. The molecule has 0 aliphatic carbocycles. The first-order chi connectivity index (χ1) is 18.2. The summed E-state index contributed by atoms with van der Waals surface area (Å²) in [4.78, 5) is 7.49. The van der Waals surface area contributed by atoms with Crippen LogP contribution in [-0.4, -0.2) is 26.8 Å². The van der Waals surface area contributed by atoms with Crippen LogP contribution in [0, 0.1) is 0 Å². The lowest BCUT2D eigenvalue weighted by molar-refractivity contribution is -0.137. The number of nitrogens with zero attached hydrogens (tertiary/aromatic N) is 2. The number of aromatic hydroxyl groups is 2. The van der Waals surface area contributed by atoms with Gasteiger partial charge in [-0.3, -0.25) is 0 Å². The number of thioether (sulfide) groups is 1. The third kappa shape index (κ3) is 7.69. The summed E-state index contributed by atoms with van der Waals surface area (Å²) in [5.74, 6) is 0.287. The molecule has 4 aromatic carbocycles. The standard InChI is InChI=1S/C29H24ClF3N2O2S/c30-27-14-11-22(18-26(27)29(31,32)33)34-28(38-25-7-2-1-3-8-25)35(19-21-9-12-23(36)13-10-21)16-15-20-5-4-6-24(37)17-20/h1-14,17-18,36-37H,15-16,19H2. The van der Waals surface area contributed by atoms with Crippen LogP contribution in [0.2, 0.25) is 5.02 Å². The number of hydrogen-bond acceptors (Lipinski definition) is 4. The Morgan fingerprint density at radius 3 is 2.24 bits per heavy atom. The molecule has 9 heteroatoms. The minimum absolute atomic E-state index is 0.119. The fourth-order valence-corrected chi connectivity index (χ4v) is 4.87. The molecule has 196 valence electrons. The summed E-state index contributed by atoms with van der Waals surface area (Å²) >= 11 is 7.17. The molecule has 38 heavy (non-hydrogen) atoms. The van der Waals surface area contributed by atoms with Crippen molar-refractivity contribution in [2.75, 3.05) is 6.54 Å². The first-order valence-corrected chi connectivity index (χ1v) is 12.9. The smallest absolute Gasteiger partial charge is 0.417 e. The number of alkyl halides is 3. The molecule has 0 atom stereocenters. The molecule has 0 amide bonds. The van der Waals surface area contributed by atoms with Crippen LogP contribution in [0.5, 0.6) is 11.5 Å². The number of benzene rings is 4. The molecule has 0 fully saturated rings. The lowest BCUT2D eigenvalue weighted by Gasteiger charge is -2.26. The highest BCUT2D eigenvalue weighted by Gasteiger charge is 2.33. The Morgan fingerprint density at radius 2 is 1.55 bits per heavy atom. The average Bonchev–Trinajstić information content (AvgIpc) is 2.88. The van der Waals surface area contributed by atoms with Gasteiger partial charge in [0.1, 0.15) is 11.5 Å². The topological polar surface area (TPSA) is 56.1 Å². The number of phenolic OH excluding ortho intramolecular Hbond substituents is 2. The molecule has 0 saturated heterocycles. The molecule has 0 radical (unpaired) electrons. The molecule has 0 heterocycles. The molecule has 4 nitrogen and oxygen atoms in total. The second-order valence-corrected chi connectivity index (χ2v) is 9.93. The second kappa shape index (κ2) is 12.3. The Labute approximate surface area is 228 Å². The van der Waals surface area contributed by atoms with Gasteiger partial charge in [-0.25, -0.2) is 4.99 Å². The molecule has 0 aliphatic heterocycles. The van der Waals surface area contributed by atoms with E-state index < -0.39 is 16.8 Å². The van der Waals surface area contributed by atoms with E-state index in [4.69, 9.17) is 11.6 Å². The minimum Gasteiger partial charge on any atom is -0.508 e. The molecule has 0 spiro atoms. The number of rotatable bonds is 7. The Balaban J connectivity index is 1.75. The van der Waals surface area contributed by atoms with Crippen molar-refractivity contribution in [2.24, 2.45) is 4.99 Å². The molecule has 0 saturated carbocycles. The van der Waals surface area contributed by atoms with Crippen molar-refractivity contribution in [1.82, 2.24) is 4.90 Å². The van der Waals surface area contributed by atoms with E-state index in [2.05, 4.69) is 4.99 Å².